The molecule has 3 aromatic carbocycles. The molecule has 1 aliphatic heterocycles. The average Bonchev–Trinajstić information content (AvgIpc) is 3.16. The minimum absolute atomic E-state index is 0.0884. The fourth-order valence-corrected chi connectivity index (χ4v) is 4.00. The van der Waals surface area contributed by atoms with Gasteiger partial charge in [0.15, 0.2) is 12.1 Å². The van der Waals surface area contributed by atoms with Crippen LogP contribution < -0.4 is 10.6 Å². The number of hydrogen-bond donors (Lipinski definition) is 2. The molecule has 2 unspecified atom stereocenters. The largest absolute Gasteiger partial charge is 0.438 e. The lowest BCUT2D eigenvalue weighted by Gasteiger charge is -2.24. The van der Waals surface area contributed by atoms with Crippen molar-refractivity contribution in [2.45, 2.75) is 39.5 Å². The molecule has 3 amide bonds. The van der Waals surface area contributed by atoms with Crippen LogP contribution in [0.5, 0.6) is 0 Å². The molecule has 0 spiro atoms. The van der Waals surface area contributed by atoms with Gasteiger partial charge in [0.25, 0.3) is 5.91 Å². The van der Waals surface area contributed by atoms with Crippen LogP contribution in [0, 0.1) is 12.8 Å². The second kappa shape index (κ2) is 10.4. The number of amides is 3. The number of anilines is 2. The number of cyclic esters (lactones) is 1. The molecule has 180 valence electrons. The van der Waals surface area contributed by atoms with Crippen molar-refractivity contribution >= 4 is 29.3 Å². The standard InChI is InChI=1S/C28H29N3O4/c1-18(2)26(32)29-23-14-12-21(13-15-23)25-24(27(33)30-22-10-5-4-6-11-22)31(28(34)35-25)17-20-9-7-8-19(3)16-20/h4-16,18,24-25H,17H2,1-3H3,(H,29,32)(H,30,33). The number of nitrogens with zero attached hydrogens (tertiary/aromatic N) is 1. The molecular formula is C28H29N3O4. The zero-order valence-electron chi connectivity index (χ0n) is 20.0. The predicted molar refractivity (Wildman–Crippen MR) is 135 cm³/mol. The number of para-hydroxylation sites is 1. The Bertz CT molecular complexity index is 1210. The third-order valence-electron chi connectivity index (χ3n) is 5.86. The van der Waals surface area contributed by atoms with E-state index in [1.165, 1.54) is 4.90 Å². The van der Waals surface area contributed by atoms with Crippen molar-refractivity contribution in [1.82, 2.24) is 4.90 Å². The highest BCUT2D eigenvalue weighted by atomic mass is 16.6. The molecular weight excluding hydrogens is 442 g/mol. The average molecular weight is 472 g/mol. The molecule has 1 saturated heterocycles. The summed E-state index contributed by atoms with van der Waals surface area (Å²) in [7, 11) is 0. The van der Waals surface area contributed by atoms with Gasteiger partial charge in [0.2, 0.25) is 5.91 Å². The molecule has 35 heavy (non-hydrogen) atoms. The van der Waals surface area contributed by atoms with E-state index in [2.05, 4.69) is 10.6 Å². The van der Waals surface area contributed by atoms with Crippen LogP contribution in [0.1, 0.15) is 36.6 Å². The van der Waals surface area contributed by atoms with E-state index in [1.807, 2.05) is 63.2 Å². The van der Waals surface area contributed by atoms with Crippen LogP contribution in [-0.4, -0.2) is 28.8 Å². The van der Waals surface area contributed by atoms with Gasteiger partial charge in [0.1, 0.15) is 0 Å². The summed E-state index contributed by atoms with van der Waals surface area (Å²) in [4.78, 5) is 39.9. The van der Waals surface area contributed by atoms with Crippen molar-refractivity contribution < 1.29 is 19.1 Å². The number of aryl methyl sites for hydroxylation is 1. The zero-order chi connectivity index (χ0) is 24.9. The number of ether oxygens (including phenoxy) is 1. The van der Waals surface area contributed by atoms with Crippen LogP contribution in [0.4, 0.5) is 16.2 Å². The van der Waals surface area contributed by atoms with E-state index in [1.54, 1.807) is 36.4 Å². The van der Waals surface area contributed by atoms with Crippen molar-refractivity contribution in [3.63, 3.8) is 0 Å². The van der Waals surface area contributed by atoms with E-state index >= 15 is 0 Å². The third kappa shape index (κ3) is 5.69. The van der Waals surface area contributed by atoms with Gasteiger partial charge in [0, 0.05) is 17.3 Å². The van der Waals surface area contributed by atoms with E-state index in [9.17, 15) is 14.4 Å². The summed E-state index contributed by atoms with van der Waals surface area (Å²) in [6, 6.07) is 23.1. The van der Waals surface area contributed by atoms with Crippen LogP contribution in [0.2, 0.25) is 0 Å². The van der Waals surface area contributed by atoms with E-state index in [4.69, 9.17) is 4.74 Å². The van der Waals surface area contributed by atoms with E-state index < -0.39 is 18.2 Å². The maximum absolute atomic E-state index is 13.5. The Kier molecular flexibility index (Phi) is 7.15. The lowest BCUT2D eigenvalue weighted by Crippen LogP contribution is -2.43. The smallest absolute Gasteiger partial charge is 0.411 e. The fourth-order valence-electron chi connectivity index (χ4n) is 4.00. The molecule has 2 N–H and O–H groups in total. The van der Waals surface area contributed by atoms with Gasteiger partial charge < -0.3 is 15.4 Å². The number of carbonyl (C=O) groups is 3. The number of benzene rings is 3. The summed E-state index contributed by atoms with van der Waals surface area (Å²) in [6.45, 7) is 5.86. The molecule has 2 atom stereocenters. The van der Waals surface area contributed by atoms with Crippen LogP contribution in [-0.2, 0) is 20.9 Å². The molecule has 0 radical (unpaired) electrons. The van der Waals surface area contributed by atoms with Gasteiger partial charge in [-0.15, -0.1) is 0 Å². The second-order valence-corrected chi connectivity index (χ2v) is 8.99. The molecule has 3 aromatic rings. The van der Waals surface area contributed by atoms with Crippen molar-refractivity contribution in [3.05, 3.63) is 95.6 Å². The molecule has 7 nitrogen and oxygen atoms in total. The summed E-state index contributed by atoms with van der Waals surface area (Å²) in [5.74, 6) is -0.571. The first-order chi connectivity index (χ1) is 16.8. The molecule has 0 bridgehead atoms. The van der Waals surface area contributed by atoms with Gasteiger partial charge in [-0.05, 0) is 42.3 Å². The quantitative estimate of drug-likeness (QED) is 0.490. The molecule has 0 aromatic heterocycles. The normalized spacial score (nSPS) is 17.3. The maximum atomic E-state index is 13.5. The van der Waals surface area contributed by atoms with Crippen LogP contribution in [0.15, 0.2) is 78.9 Å². The number of hydrogen-bond acceptors (Lipinski definition) is 4. The van der Waals surface area contributed by atoms with Gasteiger partial charge in [-0.3, -0.25) is 14.5 Å². The number of rotatable bonds is 7. The van der Waals surface area contributed by atoms with Crippen molar-refractivity contribution in [1.29, 1.82) is 0 Å². The van der Waals surface area contributed by atoms with Crippen molar-refractivity contribution in [2.24, 2.45) is 5.92 Å². The van der Waals surface area contributed by atoms with Gasteiger partial charge in [-0.2, -0.15) is 0 Å². The first kappa shape index (κ1) is 24.0. The van der Waals surface area contributed by atoms with Crippen LogP contribution in [0.25, 0.3) is 0 Å². The Labute approximate surface area is 205 Å². The molecule has 1 fully saturated rings. The lowest BCUT2D eigenvalue weighted by molar-refractivity contribution is -0.121. The van der Waals surface area contributed by atoms with Crippen LogP contribution in [0.3, 0.4) is 0 Å². The maximum Gasteiger partial charge on any atom is 0.411 e. The Morgan fingerprint density at radius 1 is 0.914 bits per heavy atom. The Morgan fingerprint density at radius 2 is 1.60 bits per heavy atom. The van der Waals surface area contributed by atoms with Gasteiger partial charge >= 0.3 is 6.09 Å². The molecule has 0 saturated carbocycles. The summed E-state index contributed by atoms with van der Waals surface area (Å²) >= 11 is 0. The predicted octanol–water partition coefficient (Wildman–Crippen LogP) is 5.29. The Balaban J connectivity index is 1.62. The highest BCUT2D eigenvalue weighted by Crippen LogP contribution is 2.35. The number of carbonyl (C=O) groups excluding carboxylic acids is 3. The summed E-state index contributed by atoms with van der Waals surface area (Å²) in [5.41, 5.74) is 3.92. The molecule has 1 aliphatic rings. The minimum Gasteiger partial charge on any atom is -0.438 e. The van der Waals surface area contributed by atoms with E-state index in [0.29, 0.717) is 16.9 Å². The summed E-state index contributed by atoms with van der Waals surface area (Å²) in [5, 5.41) is 5.76. The van der Waals surface area contributed by atoms with Crippen molar-refractivity contribution in [3.8, 4) is 0 Å². The first-order valence-electron chi connectivity index (χ1n) is 11.6. The number of nitrogens with one attached hydrogen (secondary N) is 2. The fraction of sp³-hybridized carbons (Fsp3) is 0.250. The minimum atomic E-state index is -0.876. The first-order valence-corrected chi connectivity index (χ1v) is 11.6. The lowest BCUT2D eigenvalue weighted by atomic mass is 10.00. The van der Waals surface area contributed by atoms with E-state index in [-0.39, 0.29) is 24.3 Å². The molecule has 0 aliphatic carbocycles. The van der Waals surface area contributed by atoms with Gasteiger partial charge in [-0.25, -0.2) is 4.79 Å². The van der Waals surface area contributed by atoms with Gasteiger partial charge in [-0.1, -0.05) is 74.0 Å². The molecule has 4 rings (SSSR count). The SMILES string of the molecule is Cc1cccc(CN2C(=O)OC(c3ccc(NC(=O)C(C)C)cc3)C2C(=O)Nc2ccccc2)c1. The van der Waals surface area contributed by atoms with E-state index in [0.717, 1.165) is 11.1 Å². The zero-order valence-corrected chi connectivity index (χ0v) is 20.0. The molecule has 7 heteroatoms. The third-order valence-corrected chi connectivity index (χ3v) is 5.86. The Hall–Kier alpha value is -4.13. The highest BCUT2D eigenvalue weighted by molar-refractivity contribution is 5.98. The summed E-state index contributed by atoms with van der Waals surface area (Å²) < 4.78 is 5.73. The summed E-state index contributed by atoms with van der Waals surface area (Å²) in [6.07, 6.45) is -1.35. The highest BCUT2D eigenvalue weighted by Gasteiger charge is 2.47. The topological polar surface area (TPSA) is 87.7 Å². The van der Waals surface area contributed by atoms with Crippen molar-refractivity contribution in [2.75, 3.05) is 10.6 Å². The van der Waals surface area contributed by atoms with Gasteiger partial charge in [0.05, 0.1) is 6.54 Å². The Morgan fingerprint density at radius 3 is 2.26 bits per heavy atom. The monoisotopic (exact) mass is 471 g/mol. The van der Waals surface area contributed by atoms with Crippen LogP contribution >= 0.6 is 0 Å². The second-order valence-electron chi connectivity index (χ2n) is 8.99. The molecule has 1 heterocycles.